The molecule has 5 aromatic rings. The molecule has 0 aliphatic heterocycles. The average Bonchev–Trinajstić information content (AvgIpc) is 3.08. The van der Waals surface area contributed by atoms with E-state index in [9.17, 15) is 0 Å². The molecule has 1 nitrogen and oxygen atoms in total. The van der Waals surface area contributed by atoms with E-state index in [4.69, 9.17) is 4.98 Å². The van der Waals surface area contributed by atoms with Gasteiger partial charge in [-0.1, -0.05) is 86.6 Å². The molecule has 1 aliphatic rings. The van der Waals surface area contributed by atoms with Gasteiger partial charge in [-0.3, -0.25) is 0 Å². The van der Waals surface area contributed by atoms with Crippen LogP contribution in [0.25, 0.3) is 21.7 Å². The predicted molar refractivity (Wildman–Crippen MR) is 128 cm³/mol. The zero-order valence-corrected chi connectivity index (χ0v) is 20.6. The minimum absolute atomic E-state index is 0. The first-order valence-electron chi connectivity index (χ1n) is 11.0. The Morgan fingerprint density at radius 2 is 1.44 bits per heavy atom. The van der Waals surface area contributed by atoms with Gasteiger partial charge < -0.3 is 4.98 Å². The Hall–Kier alpha value is -2.80. The van der Waals surface area contributed by atoms with Crippen LogP contribution in [0.3, 0.4) is 0 Å². The third-order valence-corrected chi connectivity index (χ3v) is 7.07. The van der Waals surface area contributed by atoms with Crippen LogP contribution < -0.4 is 0 Å². The summed E-state index contributed by atoms with van der Waals surface area (Å²) >= 11 is 0. The molecule has 1 aliphatic carbocycles. The molecule has 1 heterocycles. The number of benzene rings is 4. The Kier molecular flexibility index (Phi) is 5.04. The summed E-state index contributed by atoms with van der Waals surface area (Å²) in [6.07, 6.45) is 3.15. The molecule has 0 fully saturated rings. The average molecular weight is 591 g/mol. The summed E-state index contributed by atoms with van der Waals surface area (Å²) in [6.45, 7) is 4.72. The second-order valence-electron chi connectivity index (χ2n) is 9.34. The van der Waals surface area contributed by atoms with Crippen molar-refractivity contribution in [1.29, 1.82) is 0 Å². The molecule has 0 atom stereocenters. The van der Waals surface area contributed by atoms with Gasteiger partial charge in [0.1, 0.15) is 0 Å². The van der Waals surface area contributed by atoms with Crippen LogP contribution in [0.5, 0.6) is 0 Å². The van der Waals surface area contributed by atoms with E-state index >= 15 is 0 Å². The van der Waals surface area contributed by atoms with Crippen molar-refractivity contribution in [1.82, 2.24) is 4.98 Å². The fraction of sp³-hybridized carbons (Fsp3) is 0.167. The summed E-state index contributed by atoms with van der Waals surface area (Å²) in [6, 6.07) is 36.2. The van der Waals surface area contributed by atoms with Crippen LogP contribution in [0.15, 0.2) is 97.2 Å². The van der Waals surface area contributed by atoms with Crippen molar-refractivity contribution in [2.45, 2.75) is 31.1 Å². The van der Waals surface area contributed by atoms with Crippen LogP contribution in [0, 0.1) is 6.07 Å². The van der Waals surface area contributed by atoms with Crippen LogP contribution in [-0.2, 0) is 30.9 Å². The van der Waals surface area contributed by atoms with E-state index in [0.29, 0.717) is 0 Å². The molecule has 0 saturated heterocycles. The smallest absolute Gasteiger partial charge is 0.0461 e. The molecule has 32 heavy (non-hydrogen) atoms. The predicted octanol–water partition coefficient (Wildman–Crippen LogP) is 7.20. The number of aromatic nitrogens is 1. The Morgan fingerprint density at radius 3 is 2.09 bits per heavy atom. The first kappa shape index (κ1) is 21.1. The second kappa shape index (κ2) is 7.66. The number of nitrogens with zero attached hydrogens (tertiary/aromatic N) is 1. The molecule has 0 saturated carbocycles. The zero-order valence-electron chi connectivity index (χ0n) is 18.2. The van der Waals surface area contributed by atoms with Crippen LogP contribution in [0.4, 0.5) is 0 Å². The molecule has 4 aromatic carbocycles. The second-order valence-corrected chi connectivity index (χ2v) is 9.34. The van der Waals surface area contributed by atoms with Crippen molar-refractivity contribution < 1.29 is 20.1 Å². The maximum atomic E-state index is 5.00. The molecule has 6 rings (SSSR count). The van der Waals surface area contributed by atoms with Crippen molar-refractivity contribution in [3.05, 3.63) is 126 Å². The SMILES string of the molecule is CC1(C)CC(c2ccccc2)(c2ccccc2)c2c1cnc1c2ccc2ccc[c-]c21.[Ir]. The minimum atomic E-state index is -0.217. The number of fused-ring (bicyclic) bond motifs is 5. The Labute approximate surface area is 202 Å². The van der Waals surface area contributed by atoms with Gasteiger partial charge in [-0.05, 0) is 45.0 Å². The Morgan fingerprint density at radius 1 is 0.781 bits per heavy atom. The topological polar surface area (TPSA) is 12.9 Å². The summed E-state index contributed by atoms with van der Waals surface area (Å²) in [5.41, 5.74) is 6.28. The van der Waals surface area contributed by atoms with E-state index in [1.807, 2.05) is 12.1 Å². The van der Waals surface area contributed by atoms with Crippen LogP contribution in [-0.4, -0.2) is 4.98 Å². The normalized spacial score (nSPS) is 15.9. The van der Waals surface area contributed by atoms with Gasteiger partial charge in [-0.25, -0.2) is 0 Å². The molecule has 0 unspecified atom stereocenters. The first-order chi connectivity index (χ1) is 15.1. The van der Waals surface area contributed by atoms with Gasteiger partial charge in [0, 0.05) is 31.7 Å². The van der Waals surface area contributed by atoms with Gasteiger partial charge in [-0.2, -0.15) is 0 Å². The zero-order chi connectivity index (χ0) is 21.1. The number of hydrogen-bond acceptors (Lipinski definition) is 1. The summed E-state index contributed by atoms with van der Waals surface area (Å²) in [4.78, 5) is 5.00. The fourth-order valence-corrected chi connectivity index (χ4v) is 5.78. The molecule has 159 valence electrons. The van der Waals surface area contributed by atoms with E-state index in [2.05, 4.69) is 105 Å². The maximum absolute atomic E-state index is 5.00. The molecule has 1 radical (unpaired) electrons. The summed E-state index contributed by atoms with van der Waals surface area (Å²) in [5, 5.41) is 3.53. The molecule has 0 bridgehead atoms. The molecule has 0 N–H and O–H groups in total. The van der Waals surface area contributed by atoms with E-state index in [1.54, 1.807) is 0 Å². The van der Waals surface area contributed by atoms with Gasteiger partial charge in [-0.15, -0.1) is 35.0 Å². The van der Waals surface area contributed by atoms with Crippen molar-refractivity contribution in [2.75, 3.05) is 0 Å². The molecule has 2 heteroatoms. The largest absolute Gasteiger partial charge is 0.304 e. The van der Waals surface area contributed by atoms with Gasteiger partial charge in [0.2, 0.25) is 0 Å². The third kappa shape index (κ3) is 2.90. The standard InChI is InChI=1S/C30H24N.Ir/c1-29(2)20-30(22-12-5-3-6-13-22,23-14-7-4-8-15-23)27-25-18-17-21-11-9-10-16-24(21)28(25)31-19-26(27)29;/h3-15,17-19H,20H2,1-2H3;/q-1;. The van der Waals surface area contributed by atoms with Gasteiger partial charge >= 0.3 is 0 Å². The van der Waals surface area contributed by atoms with Gasteiger partial charge in [0.25, 0.3) is 0 Å². The molecular formula is C30H24IrN-. The summed E-state index contributed by atoms with van der Waals surface area (Å²) < 4.78 is 0. The van der Waals surface area contributed by atoms with Gasteiger partial charge in [0.05, 0.1) is 0 Å². The minimum Gasteiger partial charge on any atom is -0.304 e. The molecule has 0 amide bonds. The fourth-order valence-electron chi connectivity index (χ4n) is 5.78. The van der Waals surface area contributed by atoms with E-state index in [-0.39, 0.29) is 30.9 Å². The van der Waals surface area contributed by atoms with Crippen LogP contribution >= 0.6 is 0 Å². The van der Waals surface area contributed by atoms with Crippen molar-refractivity contribution >= 4 is 21.7 Å². The Bertz CT molecular complexity index is 1380. The number of hydrogen-bond donors (Lipinski definition) is 0. The quantitative estimate of drug-likeness (QED) is 0.157. The van der Waals surface area contributed by atoms with Crippen molar-refractivity contribution in [3.8, 4) is 0 Å². The monoisotopic (exact) mass is 591 g/mol. The van der Waals surface area contributed by atoms with Crippen LogP contribution in [0.1, 0.15) is 42.5 Å². The van der Waals surface area contributed by atoms with Crippen molar-refractivity contribution in [2.24, 2.45) is 0 Å². The number of rotatable bonds is 2. The molecular weight excluding hydrogens is 567 g/mol. The third-order valence-electron chi connectivity index (χ3n) is 7.07. The van der Waals surface area contributed by atoms with E-state index < -0.39 is 0 Å². The van der Waals surface area contributed by atoms with E-state index in [0.717, 1.165) is 17.3 Å². The summed E-state index contributed by atoms with van der Waals surface area (Å²) in [7, 11) is 0. The van der Waals surface area contributed by atoms with Crippen molar-refractivity contribution in [3.63, 3.8) is 0 Å². The first-order valence-corrected chi connectivity index (χ1v) is 11.0. The number of pyridine rings is 1. The van der Waals surface area contributed by atoms with E-state index in [1.165, 1.54) is 33.0 Å². The summed E-state index contributed by atoms with van der Waals surface area (Å²) in [5.74, 6) is 0. The molecule has 0 spiro atoms. The molecule has 1 aromatic heterocycles. The van der Waals surface area contributed by atoms with Gasteiger partial charge in [0.15, 0.2) is 0 Å². The maximum Gasteiger partial charge on any atom is 0.0461 e. The Balaban J connectivity index is 0.00000216. The van der Waals surface area contributed by atoms with Crippen LogP contribution in [0.2, 0.25) is 0 Å².